The monoisotopic (exact) mass is 343 g/mol. The van der Waals surface area contributed by atoms with Crippen molar-refractivity contribution in [2.24, 2.45) is 0 Å². The number of benzene rings is 1. The lowest BCUT2D eigenvalue weighted by Crippen LogP contribution is -2.11. The van der Waals surface area contributed by atoms with Crippen molar-refractivity contribution >= 4 is 32.5 Å². The van der Waals surface area contributed by atoms with Gasteiger partial charge in [-0.2, -0.15) is 0 Å². The van der Waals surface area contributed by atoms with E-state index in [0.29, 0.717) is 24.4 Å². The van der Waals surface area contributed by atoms with Gasteiger partial charge in [-0.25, -0.2) is 13.4 Å². The molecule has 3 rings (SSSR count). The first-order valence-electron chi connectivity index (χ1n) is 7.12. The molecule has 0 aliphatic carbocycles. The number of hydrogen-bond donors (Lipinski definition) is 0. The number of epoxide rings is 1. The standard InChI is InChI=1S/C15H18ClNO4S/c1-15(2,3)14-17-11-5-4-10(16)13(12(11)21-14)22(18,19)7-6-9-8-20-9/h4-5,9H,6-8H2,1-3H3. The van der Waals surface area contributed by atoms with Crippen molar-refractivity contribution in [3.8, 4) is 0 Å². The Morgan fingerprint density at radius 1 is 1.36 bits per heavy atom. The van der Waals surface area contributed by atoms with Crippen LogP contribution in [0.2, 0.25) is 5.02 Å². The predicted octanol–water partition coefficient (Wildman–Crippen LogP) is 3.34. The van der Waals surface area contributed by atoms with E-state index in [1.807, 2.05) is 20.8 Å². The molecule has 1 aromatic heterocycles. The van der Waals surface area contributed by atoms with Crippen molar-refractivity contribution in [1.29, 1.82) is 0 Å². The fourth-order valence-electron chi connectivity index (χ4n) is 2.18. The smallest absolute Gasteiger partial charge is 0.200 e. The Labute approximate surface area is 134 Å². The highest BCUT2D eigenvalue weighted by Gasteiger charge is 2.30. The highest BCUT2D eigenvalue weighted by molar-refractivity contribution is 7.91. The number of aromatic nitrogens is 1. The van der Waals surface area contributed by atoms with E-state index in [1.54, 1.807) is 12.1 Å². The molecule has 120 valence electrons. The zero-order chi connectivity index (χ0) is 16.1. The highest BCUT2D eigenvalue weighted by Crippen LogP contribution is 2.35. The number of nitrogens with zero attached hydrogens (tertiary/aromatic N) is 1. The van der Waals surface area contributed by atoms with Gasteiger partial charge in [-0.05, 0) is 18.6 Å². The number of hydrogen-bond acceptors (Lipinski definition) is 5. The molecule has 0 spiro atoms. The van der Waals surface area contributed by atoms with E-state index in [9.17, 15) is 8.42 Å². The molecule has 2 heterocycles. The van der Waals surface area contributed by atoms with E-state index in [1.165, 1.54) is 0 Å². The Balaban J connectivity index is 2.10. The summed E-state index contributed by atoms with van der Waals surface area (Å²) in [5, 5.41) is 0.167. The summed E-state index contributed by atoms with van der Waals surface area (Å²) < 4.78 is 36.1. The Morgan fingerprint density at radius 2 is 2.05 bits per heavy atom. The Morgan fingerprint density at radius 3 is 2.64 bits per heavy atom. The van der Waals surface area contributed by atoms with Gasteiger partial charge in [0.1, 0.15) is 10.4 Å². The molecule has 1 unspecified atom stereocenters. The highest BCUT2D eigenvalue weighted by atomic mass is 35.5. The van der Waals surface area contributed by atoms with Crippen LogP contribution in [0.15, 0.2) is 21.4 Å². The first-order valence-corrected chi connectivity index (χ1v) is 9.15. The number of rotatable bonds is 4. The van der Waals surface area contributed by atoms with Crippen LogP contribution in [0.3, 0.4) is 0 Å². The second-order valence-corrected chi connectivity index (χ2v) is 9.01. The Kier molecular flexibility index (Phi) is 3.74. The molecular formula is C15H18ClNO4S. The molecule has 0 bridgehead atoms. The third-order valence-electron chi connectivity index (χ3n) is 3.53. The molecule has 0 amide bonds. The molecule has 2 aromatic rings. The van der Waals surface area contributed by atoms with Crippen LogP contribution in [0.4, 0.5) is 0 Å². The van der Waals surface area contributed by atoms with E-state index in [2.05, 4.69) is 4.98 Å². The van der Waals surface area contributed by atoms with E-state index in [0.717, 1.165) is 0 Å². The first-order chi connectivity index (χ1) is 10.2. The largest absolute Gasteiger partial charge is 0.439 e. The average Bonchev–Trinajstić information content (AvgIpc) is 3.12. The summed E-state index contributed by atoms with van der Waals surface area (Å²) in [6, 6.07) is 3.23. The molecule has 0 saturated carbocycles. The second-order valence-electron chi connectivity index (χ2n) is 6.56. The van der Waals surface area contributed by atoms with Gasteiger partial charge in [-0.1, -0.05) is 32.4 Å². The van der Waals surface area contributed by atoms with E-state index < -0.39 is 9.84 Å². The van der Waals surface area contributed by atoms with Crippen LogP contribution in [0.25, 0.3) is 11.1 Å². The van der Waals surface area contributed by atoms with Crippen molar-refractivity contribution in [3.05, 3.63) is 23.0 Å². The quantitative estimate of drug-likeness (QED) is 0.796. The molecule has 22 heavy (non-hydrogen) atoms. The van der Waals surface area contributed by atoms with Crippen LogP contribution in [0.5, 0.6) is 0 Å². The summed E-state index contributed by atoms with van der Waals surface area (Å²) in [7, 11) is -3.55. The van der Waals surface area contributed by atoms with Gasteiger partial charge >= 0.3 is 0 Å². The summed E-state index contributed by atoms with van der Waals surface area (Å²) in [6.07, 6.45) is 0.516. The van der Waals surface area contributed by atoms with Gasteiger partial charge in [0.2, 0.25) is 5.89 Å². The molecular weight excluding hydrogens is 326 g/mol. The molecule has 1 fully saturated rings. The van der Waals surface area contributed by atoms with Crippen LogP contribution in [0.1, 0.15) is 33.1 Å². The summed E-state index contributed by atoms with van der Waals surface area (Å²) in [5.41, 5.74) is 0.443. The second kappa shape index (κ2) is 5.22. The molecule has 1 saturated heterocycles. The van der Waals surface area contributed by atoms with Crippen LogP contribution in [-0.4, -0.2) is 31.9 Å². The molecule has 1 aromatic carbocycles. The predicted molar refractivity (Wildman–Crippen MR) is 84.1 cm³/mol. The number of sulfone groups is 1. The van der Waals surface area contributed by atoms with Crippen LogP contribution >= 0.6 is 11.6 Å². The minimum absolute atomic E-state index is 0.0119. The van der Waals surface area contributed by atoms with Crippen molar-refractivity contribution < 1.29 is 17.6 Å². The van der Waals surface area contributed by atoms with E-state index >= 15 is 0 Å². The summed E-state index contributed by atoms with van der Waals surface area (Å²) in [4.78, 5) is 4.43. The lowest BCUT2D eigenvalue weighted by atomic mass is 9.97. The van der Waals surface area contributed by atoms with Crippen LogP contribution in [0, 0.1) is 0 Å². The molecule has 0 radical (unpaired) electrons. The lowest BCUT2D eigenvalue weighted by molar-refractivity contribution is 0.402. The molecule has 7 heteroatoms. The van der Waals surface area contributed by atoms with Gasteiger partial charge in [-0.3, -0.25) is 0 Å². The first kappa shape index (κ1) is 15.8. The molecule has 5 nitrogen and oxygen atoms in total. The summed E-state index contributed by atoms with van der Waals surface area (Å²) in [6.45, 7) is 6.50. The minimum Gasteiger partial charge on any atom is -0.439 e. The van der Waals surface area contributed by atoms with E-state index in [-0.39, 0.29) is 32.8 Å². The van der Waals surface area contributed by atoms with Crippen molar-refractivity contribution in [2.45, 2.75) is 43.6 Å². The zero-order valence-electron chi connectivity index (χ0n) is 12.7. The maximum atomic E-state index is 12.6. The molecule has 0 N–H and O–H groups in total. The Bertz CT molecular complexity index is 816. The normalized spacial score (nSPS) is 18.8. The van der Waals surface area contributed by atoms with Gasteiger partial charge in [-0.15, -0.1) is 0 Å². The van der Waals surface area contributed by atoms with E-state index in [4.69, 9.17) is 20.8 Å². The summed E-state index contributed by atoms with van der Waals surface area (Å²) in [5.74, 6) is 0.481. The van der Waals surface area contributed by atoms with Crippen molar-refractivity contribution in [2.75, 3.05) is 12.4 Å². The maximum absolute atomic E-state index is 12.6. The maximum Gasteiger partial charge on any atom is 0.200 e. The van der Waals surface area contributed by atoms with Gasteiger partial charge in [0.05, 0.1) is 23.5 Å². The van der Waals surface area contributed by atoms with Gasteiger partial charge < -0.3 is 9.15 Å². The lowest BCUT2D eigenvalue weighted by Gasteiger charge is -2.12. The van der Waals surface area contributed by atoms with Crippen LogP contribution in [-0.2, 0) is 20.0 Å². The van der Waals surface area contributed by atoms with Crippen LogP contribution < -0.4 is 0 Å². The minimum atomic E-state index is -3.55. The van der Waals surface area contributed by atoms with Gasteiger partial charge in [0.25, 0.3) is 0 Å². The number of fused-ring (bicyclic) bond motifs is 1. The fourth-order valence-corrected chi connectivity index (χ4v) is 4.25. The zero-order valence-corrected chi connectivity index (χ0v) is 14.3. The fraction of sp³-hybridized carbons (Fsp3) is 0.533. The molecule has 1 atom stereocenters. The topological polar surface area (TPSA) is 72.7 Å². The number of oxazole rings is 1. The van der Waals surface area contributed by atoms with Gasteiger partial charge in [0, 0.05) is 5.41 Å². The third kappa shape index (κ3) is 3.00. The SMILES string of the molecule is CC(C)(C)c1nc2ccc(Cl)c(S(=O)(=O)CCC3CO3)c2o1. The third-order valence-corrected chi connectivity index (χ3v) is 5.76. The average molecular weight is 344 g/mol. The molecule has 1 aliphatic heterocycles. The molecule has 1 aliphatic rings. The Hall–Kier alpha value is -1.11. The van der Waals surface area contributed by atoms with Gasteiger partial charge in [0.15, 0.2) is 15.4 Å². The van der Waals surface area contributed by atoms with Crippen molar-refractivity contribution in [1.82, 2.24) is 4.98 Å². The number of halogens is 1. The summed E-state index contributed by atoms with van der Waals surface area (Å²) >= 11 is 6.14. The van der Waals surface area contributed by atoms with Crippen molar-refractivity contribution in [3.63, 3.8) is 0 Å². The number of ether oxygens (including phenoxy) is 1.